The molecule has 25 heavy (non-hydrogen) atoms. The lowest BCUT2D eigenvalue weighted by Gasteiger charge is -2.32. The first-order valence-electron chi connectivity index (χ1n) is 7.78. The molecule has 8 atom stereocenters. The lowest BCUT2D eigenvalue weighted by molar-refractivity contribution is -0.300. The molecule has 6 unspecified atom stereocenters. The molecule has 0 spiro atoms. The monoisotopic (exact) mass is 370 g/mol. The van der Waals surface area contributed by atoms with E-state index in [9.17, 15) is 30.6 Å². The fourth-order valence-electron chi connectivity index (χ4n) is 3.03. The molecule has 0 radical (unpaired) electrons. The Kier molecular flexibility index (Phi) is 6.73. The molecule has 2 fully saturated rings. The summed E-state index contributed by atoms with van der Waals surface area (Å²) in [5.74, 6) is -3.76. The van der Waals surface area contributed by atoms with Crippen molar-refractivity contribution in [2.45, 2.75) is 48.2 Å². The van der Waals surface area contributed by atoms with Crippen LogP contribution >= 0.6 is 0 Å². The molecule has 0 aromatic heterocycles. The van der Waals surface area contributed by atoms with Gasteiger partial charge in [-0.25, -0.2) is 0 Å². The lowest BCUT2D eigenvalue weighted by Crippen LogP contribution is -2.50. The molecule has 2 aliphatic rings. The van der Waals surface area contributed by atoms with Crippen molar-refractivity contribution in [1.82, 2.24) is 0 Å². The van der Waals surface area contributed by atoms with Gasteiger partial charge in [0.2, 0.25) is 11.6 Å². The van der Waals surface area contributed by atoms with Crippen molar-refractivity contribution in [1.29, 1.82) is 0 Å². The molecule has 148 valence electrons. The zero-order valence-corrected chi connectivity index (χ0v) is 14.0. The van der Waals surface area contributed by atoms with Gasteiger partial charge in [0.05, 0.1) is 13.2 Å². The van der Waals surface area contributed by atoms with Crippen LogP contribution in [-0.2, 0) is 23.7 Å². The molecule has 0 bridgehead atoms. The summed E-state index contributed by atoms with van der Waals surface area (Å²) in [5, 5.41) is 59.1. The quantitative estimate of drug-likeness (QED) is 0.246. The highest BCUT2D eigenvalue weighted by atomic mass is 16.8. The van der Waals surface area contributed by atoms with Crippen molar-refractivity contribution in [3.63, 3.8) is 0 Å². The van der Waals surface area contributed by atoms with Crippen LogP contribution in [-0.4, -0.2) is 119 Å². The highest BCUT2D eigenvalue weighted by Gasteiger charge is 2.58. The van der Waals surface area contributed by atoms with Gasteiger partial charge in [-0.2, -0.15) is 0 Å². The third kappa shape index (κ3) is 3.55. The molecule has 0 amide bonds. The van der Waals surface area contributed by atoms with Gasteiger partial charge in [0.25, 0.3) is 0 Å². The second-order valence-corrected chi connectivity index (χ2v) is 6.09. The van der Waals surface area contributed by atoms with Crippen LogP contribution < -0.4 is 0 Å². The van der Waals surface area contributed by atoms with Gasteiger partial charge in [-0.1, -0.05) is 0 Å². The summed E-state index contributed by atoms with van der Waals surface area (Å²) >= 11 is 0. The van der Waals surface area contributed by atoms with Crippen LogP contribution in [0.25, 0.3) is 0 Å². The van der Waals surface area contributed by atoms with E-state index in [2.05, 4.69) is 0 Å². The highest BCUT2D eigenvalue weighted by Crippen LogP contribution is 2.36. The number of aliphatic hydroxyl groups is 6. The second kappa shape index (κ2) is 8.06. The zero-order chi connectivity index (χ0) is 18.8. The van der Waals surface area contributed by atoms with Crippen LogP contribution in [0.15, 0.2) is 0 Å². The third-order valence-corrected chi connectivity index (χ3v) is 4.62. The average molecular weight is 370 g/mol. The Morgan fingerprint density at radius 2 is 1.28 bits per heavy atom. The summed E-state index contributed by atoms with van der Waals surface area (Å²) in [7, 11) is 2.58. The maximum atomic E-state index is 10.2. The Hall–Kier alpha value is -0.440. The van der Waals surface area contributed by atoms with E-state index in [-0.39, 0.29) is 6.61 Å². The Balaban J connectivity index is 2.06. The van der Waals surface area contributed by atoms with E-state index in [1.807, 2.05) is 0 Å². The molecule has 0 aromatic rings. The van der Waals surface area contributed by atoms with Gasteiger partial charge in [0.15, 0.2) is 0 Å². The number of ether oxygens (including phenoxy) is 5. The number of hydrogen-bond donors (Lipinski definition) is 6. The van der Waals surface area contributed by atoms with Crippen molar-refractivity contribution in [2.75, 3.05) is 40.6 Å². The number of methoxy groups -OCH3 is 2. The number of rotatable bonds is 8. The van der Waals surface area contributed by atoms with Crippen molar-refractivity contribution in [2.24, 2.45) is 0 Å². The minimum Gasteiger partial charge on any atom is -0.391 e. The Bertz CT molecular complexity index is 431. The van der Waals surface area contributed by atoms with Crippen LogP contribution in [0.3, 0.4) is 0 Å². The maximum absolute atomic E-state index is 10.2. The van der Waals surface area contributed by atoms with E-state index in [0.717, 1.165) is 0 Å². The average Bonchev–Trinajstić information content (AvgIpc) is 3.01. The first-order valence-corrected chi connectivity index (χ1v) is 7.78. The minimum atomic E-state index is -1.95. The second-order valence-electron chi connectivity index (χ2n) is 6.09. The number of hydrogen-bond acceptors (Lipinski definition) is 11. The third-order valence-electron chi connectivity index (χ3n) is 4.62. The van der Waals surface area contributed by atoms with Crippen LogP contribution in [0.5, 0.6) is 0 Å². The molecule has 11 nitrogen and oxygen atoms in total. The van der Waals surface area contributed by atoms with E-state index < -0.39 is 68.0 Å². The fourth-order valence-corrected chi connectivity index (χ4v) is 3.03. The van der Waals surface area contributed by atoms with Crippen molar-refractivity contribution < 1.29 is 54.3 Å². The van der Waals surface area contributed by atoms with E-state index >= 15 is 0 Å². The highest BCUT2D eigenvalue weighted by molar-refractivity contribution is 4.99. The van der Waals surface area contributed by atoms with Gasteiger partial charge >= 0.3 is 0 Å². The van der Waals surface area contributed by atoms with E-state index in [4.69, 9.17) is 23.7 Å². The van der Waals surface area contributed by atoms with Gasteiger partial charge in [0, 0.05) is 14.2 Å². The first kappa shape index (κ1) is 20.9. The summed E-state index contributed by atoms with van der Waals surface area (Å²) in [6.45, 7) is -1.96. The van der Waals surface area contributed by atoms with Crippen molar-refractivity contribution >= 4 is 0 Å². The molecular weight excluding hydrogens is 344 g/mol. The molecule has 0 aliphatic carbocycles. The smallest absolute Gasteiger partial charge is 0.221 e. The lowest BCUT2D eigenvalue weighted by atomic mass is 10.0. The van der Waals surface area contributed by atoms with Crippen LogP contribution in [0.1, 0.15) is 0 Å². The molecule has 2 heterocycles. The fraction of sp³-hybridized carbons (Fsp3) is 1.00. The molecule has 2 saturated heterocycles. The van der Waals surface area contributed by atoms with Gasteiger partial charge in [-0.3, -0.25) is 0 Å². The SMILES string of the molecule is COCC1O[C@@](CO)(OCC2O[C@@](CO)(OC)C(O)C2O)C(O)C1O. The summed E-state index contributed by atoms with van der Waals surface area (Å²) in [6.07, 6.45) is -8.00. The molecule has 0 saturated carbocycles. The topological polar surface area (TPSA) is 168 Å². The largest absolute Gasteiger partial charge is 0.391 e. The Morgan fingerprint density at radius 3 is 1.72 bits per heavy atom. The van der Waals surface area contributed by atoms with E-state index in [1.165, 1.54) is 14.2 Å². The first-order chi connectivity index (χ1) is 11.8. The summed E-state index contributed by atoms with van der Waals surface area (Å²) in [4.78, 5) is 0. The van der Waals surface area contributed by atoms with Gasteiger partial charge < -0.3 is 54.3 Å². The van der Waals surface area contributed by atoms with E-state index in [1.54, 1.807) is 0 Å². The summed E-state index contributed by atoms with van der Waals surface area (Å²) in [6, 6.07) is 0. The predicted octanol–water partition coefficient (Wildman–Crippen LogP) is -4.09. The van der Waals surface area contributed by atoms with Gasteiger partial charge in [-0.05, 0) is 0 Å². The Labute approximate surface area is 144 Å². The maximum Gasteiger partial charge on any atom is 0.221 e. The molecule has 2 aliphatic heterocycles. The standard InChI is InChI=1S/C14H26O11/c1-21-3-7-9(17)12(20)14(6-16,25-7)23-4-8-10(18)11(19)13(5-15,22-2)24-8/h7-12,15-20H,3-6H2,1-2H3/t7?,8?,9?,10?,11?,12?,13-,14-/m1/s1. The predicted molar refractivity (Wildman–Crippen MR) is 78.2 cm³/mol. The minimum absolute atomic E-state index is 0.0398. The van der Waals surface area contributed by atoms with Gasteiger partial charge in [0.1, 0.15) is 49.8 Å². The van der Waals surface area contributed by atoms with Crippen LogP contribution in [0.4, 0.5) is 0 Å². The number of aliphatic hydroxyl groups excluding tert-OH is 6. The summed E-state index contributed by atoms with van der Waals surface area (Å²) < 4.78 is 26.0. The van der Waals surface area contributed by atoms with Crippen molar-refractivity contribution in [3.8, 4) is 0 Å². The van der Waals surface area contributed by atoms with Crippen molar-refractivity contribution in [3.05, 3.63) is 0 Å². The molecule has 0 aromatic carbocycles. The van der Waals surface area contributed by atoms with Crippen LogP contribution in [0, 0.1) is 0 Å². The summed E-state index contributed by atoms with van der Waals surface area (Å²) in [5.41, 5.74) is 0. The van der Waals surface area contributed by atoms with Crippen LogP contribution in [0.2, 0.25) is 0 Å². The normalized spacial score (nSPS) is 47.5. The molecular formula is C14H26O11. The zero-order valence-electron chi connectivity index (χ0n) is 14.0. The van der Waals surface area contributed by atoms with Gasteiger partial charge in [-0.15, -0.1) is 0 Å². The van der Waals surface area contributed by atoms with E-state index in [0.29, 0.717) is 0 Å². The molecule has 6 N–H and O–H groups in total. The Morgan fingerprint density at radius 1 is 0.800 bits per heavy atom. The molecule has 2 rings (SSSR count). The molecule has 11 heteroatoms.